The predicted molar refractivity (Wildman–Crippen MR) is 113 cm³/mol. The van der Waals surface area contributed by atoms with Gasteiger partial charge in [-0.1, -0.05) is 34.8 Å². The molecule has 0 saturated carbocycles. The summed E-state index contributed by atoms with van der Waals surface area (Å²) in [6.07, 6.45) is 0. The highest BCUT2D eigenvalue weighted by Crippen LogP contribution is 2.28. The van der Waals surface area contributed by atoms with Crippen LogP contribution >= 0.6 is 11.5 Å². The molecule has 2 aromatic carbocycles. The van der Waals surface area contributed by atoms with Crippen molar-refractivity contribution < 1.29 is 18.4 Å². The van der Waals surface area contributed by atoms with E-state index in [1.807, 2.05) is 0 Å². The molecule has 1 aromatic heterocycles. The average molecular weight is 445 g/mol. The molecule has 0 bridgehead atoms. The molecule has 3 rings (SSSR count). The highest BCUT2D eigenvalue weighted by atomic mass is 32.1. The van der Waals surface area contributed by atoms with Gasteiger partial charge < -0.3 is 10.2 Å². The first-order chi connectivity index (χ1) is 14.7. The van der Waals surface area contributed by atoms with Crippen molar-refractivity contribution in [3.8, 4) is 0 Å². The van der Waals surface area contributed by atoms with E-state index in [1.165, 1.54) is 52.7 Å². The Morgan fingerprint density at radius 3 is 2.35 bits per heavy atom. The van der Waals surface area contributed by atoms with Gasteiger partial charge in [-0.15, -0.1) is 5.10 Å². The summed E-state index contributed by atoms with van der Waals surface area (Å²) in [7, 11) is 0. The van der Waals surface area contributed by atoms with E-state index in [4.69, 9.17) is 0 Å². The topological polar surface area (TPSA) is 75.2 Å². The Kier molecular flexibility index (Phi) is 6.74. The molecule has 1 heterocycles. The number of halogens is 2. The van der Waals surface area contributed by atoms with Gasteiger partial charge in [0, 0.05) is 23.0 Å². The lowest BCUT2D eigenvalue weighted by Crippen LogP contribution is -2.49. The van der Waals surface area contributed by atoms with Gasteiger partial charge >= 0.3 is 0 Å². The molecule has 0 aliphatic rings. The lowest BCUT2D eigenvalue weighted by molar-refractivity contribution is -0.127. The monoisotopic (exact) mass is 444 g/mol. The first-order valence-corrected chi connectivity index (χ1v) is 10.4. The fourth-order valence-electron chi connectivity index (χ4n) is 3.06. The molecule has 0 saturated heterocycles. The Morgan fingerprint density at radius 2 is 1.77 bits per heavy atom. The highest BCUT2D eigenvalue weighted by molar-refractivity contribution is 7.03. The number of rotatable bonds is 6. The fourth-order valence-corrected chi connectivity index (χ4v) is 3.49. The maximum Gasteiger partial charge on any atom is 0.276 e. The number of carbonyl (C=O) groups excluding carboxylic acids is 2. The second-order valence-electron chi connectivity index (χ2n) is 8.01. The molecule has 3 aromatic rings. The lowest BCUT2D eigenvalue weighted by atomic mass is 10.00. The van der Waals surface area contributed by atoms with Crippen LogP contribution in [0.1, 0.15) is 48.4 Å². The van der Waals surface area contributed by atoms with E-state index < -0.39 is 35.0 Å². The minimum absolute atomic E-state index is 0.0389. The van der Waals surface area contributed by atoms with Crippen LogP contribution < -0.4 is 5.32 Å². The number of nitrogens with one attached hydrogen (secondary N) is 1. The summed E-state index contributed by atoms with van der Waals surface area (Å²) in [5.74, 6) is -2.18. The van der Waals surface area contributed by atoms with E-state index in [2.05, 4.69) is 14.9 Å². The van der Waals surface area contributed by atoms with Crippen molar-refractivity contribution in [2.45, 2.75) is 38.9 Å². The van der Waals surface area contributed by atoms with E-state index >= 15 is 0 Å². The maximum absolute atomic E-state index is 14.8. The predicted octanol–water partition coefficient (Wildman–Crippen LogP) is 4.11. The molecule has 31 heavy (non-hydrogen) atoms. The molecule has 0 fully saturated rings. The van der Waals surface area contributed by atoms with Crippen LogP contribution in [0.25, 0.3) is 0 Å². The lowest BCUT2D eigenvalue weighted by Gasteiger charge is -2.33. The summed E-state index contributed by atoms with van der Waals surface area (Å²) in [6, 6.07) is 10.1. The second kappa shape index (κ2) is 9.30. The molecule has 0 aliphatic carbocycles. The van der Waals surface area contributed by atoms with E-state index in [-0.39, 0.29) is 17.8 Å². The summed E-state index contributed by atoms with van der Waals surface area (Å²) >= 11 is 0.990. The van der Waals surface area contributed by atoms with Crippen LogP contribution in [0, 0.1) is 11.6 Å². The van der Waals surface area contributed by atoms with Gasteiger partial charge in [0.15, 0.2) is 5.69 Å². The maximum atomic E-state index is 14.8. The zero-order chi connectivity index (χ0) is 22.6. The van der Waals surface area contributed by atoms with Gasteiger partial charge in [-0.2, -0.15) is 0 Å². The molecule has 0 spiro atoms. The number of benzene rings is 2. The molecule has 2 amide bonds. The van der Waals surface area contributed by atoms with E-state index in [0.717, 1.165) is 11.5 Å². The second-order valence-corrected chi connectivity index (χ2v) is 8.62. The number of nitrogens with zero attached hydrogens (tertiary/aromatic N) is 3. The smallest absolute Gasteiger partial charge is 0.276 e. The molecule has 1 atom stereocenters. The van der Waals surface area contributed by atoms with E-state index in [1.54, 1.807) is 26.8 Å². The first-order valence-electron chi connectivity index (χ1n) is 9.54. The number of aromatic nitrogens is 2. The minimum Gasteiger partial charge on any atom is -0.349 e. The molecule has 162 valence electrons. The largest absolute Gasteiger partial charge is 0.349 e. The summed E-state index contributed by atoms with van der Waals surface area (Å²) in [5, 5.41) is 8.10. The highest BCUT2D eigenvalue weighted by Gasteiger charge is 2.36. The number of hydrogen-bond donors (Lipinski definition) is 1. The van der Waals surface area contributed by atoms with Gasteiger partial charge in [-0.3, -0.25) is 9.59 Å². The molecular formula is C22H22F2N4O2S. The third-order valence-corrected chi connectivity index (χ3v) is 4.87. The van der Waals surface area contributed by atoms with E-state index in [0.29, 0.717) is 5.56 Å². The normalized spacial score (nSPS) is 12.3. The number of carbonyl (C=O) groups is 2. The third-order valence-electron chi connectivity index (χ3n) is 4.36. The summed E-state index contributed by atoms with van der Waals surface area (Å²) in [4.78, 5) is 27.9. The average Bonchev–Trinajstić information content (AvgIpc) is 3.23. The van der Waals surface area contributed by atoms with Crippen LogP contribution in [-0.4, -0.2) is 31.8 Å². The Bertz CT molecular complexity index is 1050. The van der Waals surface area contributed by atoms with Crippen molar-refractivity contribution in [2.24, 2.45) is 0 Å². The van der Waals surface area contributed by atoms with Gasteiger partial charge in [-0.05, 0) is 56.1 Å². The Balaban J connectivity index is 2.11. The summed E-state index contributed by atoms with van der Waals surface area (Å²) in [5.41, 5.74) is 0.0376. The molecule has 1 N–H and O–H groups in total. The molecular weight excluding hydrogens is 422 g/mol. The van der Waals surface area contributed by atoms with Crippen LogP contribution in [0.4, 0.5) is 8.78 Å². The number of amides is 2. The van der Waals surface area contributed by atoms with Crippen LogP contribution in [0.5, 0.6) is 0 Å². The van der Waals surface area contributed by atoms with Gasteiger partial charge in [0.2, 0.25) is 5.91 Å². The van der Waals surface area contributed by atoms with Crippen molar-refractivity contribution in [3.63, 3.8) is 0 Å². The Labute approximate surface area is 183 Å². The SMILES string of the molecule is CC(C)(C)NC(=O)[C@H](c1ccccc1F)N(Cc1ccc(F)cc1)C(=O)c1csnn1. The quantitative estimate of drug-likeness (QED) is 0.621. The molecule has 0 unspecified atom stereocenters. The van der Waals surface area contributed by atoms with Gasteiger partial charge in [0.1, 0.15) is 17.7 Å². The summed E-state index contributed by atoms with van der Waals surface area (Å²) < 4.78 is 31.9. The van der Waals surface area contributed by atoms with Crippen molar-refractivity contribution >= 4 is 23.3 Å². The van der Waals surface area contributed by atoms with Crippen molar-refractivity contribution in [1.29, 1.82) is 0 Å². The molecule has 0 aliphatic heterocycles. The van der Waals surface area contributed by atoms with Crippen molar-refractivity contribution in [1.82, 2.24) is 19.8 Å². The zero-order valence-corrected chi connectivity index (χ0v) is 18.1. The number of hydrogen-bond acceptors (Lipinski definition) is 5. The standard InChI is InChI=1S/C22H22F2N4O2S/c1-22(2,3)25-20(29)19(16-6-4-5-7-17(16)24)28(21(30)18-13-31-27-26-18)12-14-8-10-15(23)11-9-14/h4-11,13,19H,12H2,1-3H3,(H,25,29)/t19-/m0/s1. The molecule has 9 heteroatoms. The first kappa shape index (κ1) is 22.5. The van der Waals surface area contributed by atoms with Crippen LogP contribution in [0.2, 0.25) is 0 Å². The molecule has 6 nitrogen and oxygen atoms in total. The zero-order valence-electron chi connectivity index (χ0n) is 17.3. The van der Waals surface area contributed by atoms with Crippen LogP contribution in [-0.2, 0) is 11.3 Å². The summed E-state index contributed by atoms with van der Waals surface area (Å²) in [6.45, 7) is 5.31. The Hall–Kier alpha value is -3.20. The van der Waals surface area contributed by atoms with Crippen molar-refractivity contribution in [2.75, 3.05) is 0 Å². The van der Waals surface area contributed by atoms with Crippen molar-refractivity contribution in [3.05, 3.63) is 82.4 Å². The fraction of sp³-hybridized carbons (Fsp3) is 0.273. The van der Waals surface area contributed by atoms with E-state index in [9.17, 15) is 18.4 Å². The van der Waals surface area contributed by atoms with Gasteiger partial charge in [-0.25, -0.2) is 8.78 Å². The minimum atomic E-state index is -1.28. The van der Waals surface area contributed by atoms with Crippen LogP contribution in [0.3, 0.4) is 0 Å². The van der Waals surface area contributed by atoms with Gasteiger partial charge in [0.25, 0.3) is 5.91 Å². The van der Waals surface area contributed by atoms with Crippen LogP contribution in [0.15, 0.2) is 53.9 Å². The Morgan fingerprint density at radius 1 is 1.10 bits per heavy atom. The third kappa shape index (κ3) is 5.69. The molecule has 0 radical (unpaired) electrons. The van der Waals surface area contributed by atoms with Gasteiger partial charge in [0.05, 0.1) is 0 Å².